The van der Waals surface area contributed by atoms with Gasteiger partial charge in [-0.1, -0.05) is 6.07 Å². The van der Waals surface area contributed by atoms with Crippen LogP contribution < -0.4 is 14.2 Å². The minimum atomic E-state index is -3.78. The largest absolute Gasteiger partial charge is 0.497 e. The summed E-state index contributed by atoms with van der Waals surface area (Å²) in [5.74, 6) is 1.30. The smallest absolute Gasteiger partial charge is 0.261 e. The van der Waals surface area contributed by atoms with Crippen LogP contribution in [0.25, 0.3) is 0 Å². The van der Waals surface area contributed by atoms with E-state index < -0.39 is 10.0 Å². The van der Waals surface area contributed by atoms with Gasteiger partial charge in [-0.2, -0.15) is 0 Å². The van der Waals surface area contributed by atoms with Crippen molar-refractivity contribution >= 4 is 21.6 Å². The zero-order chi connectivity index (χ0) is 23.4. The van der Waals surface area contributed by atoms with Gasteiger partial charge in [0.15, 0.2) is 0 Å². The van der Waals surface area contributed by atoms with Gasteiger partial charge in [0.1, 0.15) is 11.5 Å². The summed E-state index contributed by atoms with van der Waals surface area (Å²) in [7, 11) is -2.16. The Morgan fingerprint density at radius 2 is 1.67 bits per heavy atom. The molecule has 1 aliphatic heterocycles. The molecule has 0 radical (unpaired) electrons. The number of ether oxygens (including phenoxy) is 2. The molecule has 1 aliphatic rings. The predicted molar refractivity (Wildman–Crippen MR) is 126 cm³/mol. The number of nitrogens with one attached hydrogen (secondary N) is 1. The Labute approximate surface area is 194 Å². The van der Waals surface area contributed by atoms with E-state index in [9.17, 15) is 13.2 Å². The minimum Gasteiger partial charge on any atom is -0.497 e. The molecule has 4 rings (SSSR count). The third-order valence-electron chi connectivity index (χ3n) is 5.54. The zero-order valence-corrected chi connectivity index (χ0v) is 19.4. The summed E-state index contributed by atoms with van der Waals surface area (Å²) in [6.07, 6.45) is 0.767. The molecule has 0 fully saturated rings. The predicted octanol–water partition coefficient (Wildman–Crippen LogP) is 4.09. The molecule has 0 bridgehead atoms. The van der Waals surface area contributed by atoms with E-state index in [1.165, 1.54) is 17.7 Å². The first-order valence-corrected chi connectivity index (χ1v) is 12.2. The van der Waals surface area contributed by atoms with Crippen LogP contribution in [0.1, 0.15) is 28.4 Å². The van der Waals surface area contributed by atoms with Crippen molar-refractivity contribution in [2.24, 2.45) is 0 Å². The fourth-order valence-electron chi connectivity index (χ4n) is 3.79. The summed E-state index contributed by atoms with van der Waals surface area (Å²) in [6, 6.07) is 18.6. The fourth-order valence-corrected chi connectivity index (χ4v) is 4.85. The topological polar surface area (TPSA) is 84.9 Å². The molecule has 33 heavy (non-hydrogen) atoms. The van der Waals surface area contributed by atoms with Crippen LogP contribution in [-0.4, -0.2) is 39.5 Å². The Bertz CT molecular complexity index is 1240. The number of hydrogen-bond donors (Lipinski definition) is 1. The van der Waals surface area contributed by atoms with E-state index in [1.807, 2.05) is 25.1 Å². The number of hydrogen-bond acceptors (Lipinski definition) is 5. The van der Waals surface area contributed by atoms with Crippen LogP contribution in [0.15, 0.2) is 71.6 Å². The van der Waals surface area contributed by atoms with Gasteiger partial charge in [0, 0.05) is 24.3 Å². The Morgan fingerprint density at radius 3 is 2.33 bits per heavy atom. The number of rotatable bonds is 7. The lowest BCUT2D eigenvalue weighted by Gasteiger charge is -2.29. The molecule has 0 spiro atoms. The van der Waals surface area contributed by atoms with Crippen molar-refractivity contribution in [3.63, 3.8) is 0 Å². The SMILES string of the molecule is CCOc1ccc(NS(=O)(=O)c2ccc(C(=O)N3CCc4ccc(OC)cc4C3)cc2)cc1. The van der Waals surface area contributed by atoms with E-state index in [0.29, 0.717) is 36.7 Å². The second-order valence-corrected chi connectivity index (χ2v) is 9.38. The van der Waals surface area contributed by atoms with Crippen molar-refractivity contribution in [2.45, 2.75) is 24.8 Å². The molecule has 0 unspecified atom stereocenters. The number of nitrogens with zero attached hydrogens (tertiary/aromatic N) is 1. The lowest BCUT2D eigenvalue weighted by Crippen LogP contribution is -2.36. The molecule has 1 heterocycles. The maximum absolute atomic E-state index is 13.0. The standard InChI is InChI=1S/C25H26N2O5S/c1-3-32-22-10-7-21(8-11-22)26-33(29,30)24-12-5-19(6-13-24)25(28)27-15-14-18-4-9-23(31-2)16-20(18)17-27/h4-13,16,26H,3,14-15,17H2,1-2H3. The maximum atomic E-state index is 13.0. The Kier molecular flexibility index (Phi) is 6.55. The van der Waals surface area contributed by atoms with Crippen LogP contribution in [-0.2, 0) is 23.0 Å². The highest BCUT2D eigenvalue weighted by Crippen LogP contribution is 2.25. The minimum absolute atomic E-state index is 0.0849. The molecule has 1 amide bonds. The summed E-state index contributed by atoms with van der Waals surface area (Å²) in [4.78, 5) is 14.9. The normalized spacial score (nSPS) is 13.2. The van der Waals surface area contributed by atoms with Gasteiger partial charge in [-0.15, -0.1) is 0 Å². The third-order valence-corrected chi connectivity index (χ3v) is 6.94. The summed E-state index contributed by atoms with van der Waals surface area (Å²) >= 11 is 0. The van der Waals surface area contributed by atoms with Crippen molar-refractivity contribution in [1.82, 2.24) is 4.90 Å². The van der Waals surface area contributed by atoms with E-state index in [0.717, 1.165) is 17.7 Å². The highest BCUT2D eigenvalue weighted by atomic mass is 32.2. The number of anilines is 1. The van der Waals surface area contributed by atoms with Gasteiger partial charge in [0.05, 0.1) is 18.6 Å². The van der Waals surface area contributed by atoms with Crippen molar-refractivity contribution in [3.8, 4) is 11.5 Å². The van der Waals surface area contributed by atoms with Gasteiger partial charge in [-0.3, -0.25) is 9.52 Å². The highest BCUT2D eigenvalue weighted by Gasteiger charge is 2.23. The van der Waals surface area contributed by atoms with E-state index in [-0.39, 0.29) is 10.8 Å². The van der Waals surface area contributed by atoms with Crippen molar-refractivity contribution in [2.75, 3.05) is 25.0 Å². The monoisotopic (exact) mass is 466 g/mol. The van der Waals surface area contributed by atoms with Crippen LogP contribution >= 0.6 is 0 Å². The van der Waals surface area contributed by atoms with Crippen molar-refractivity contribution in [3.05, 3.63) is 83.4 Å². The van der Waals surface area contributed by atoms with Crippen LogP contribution in [0.5, 0.6) is 11.5 Å². The van der Waals surface area contributed by atoms with Gasteiger partial charge >= 0.3 is 0 Å². The third kappa shape index (κ3) is 5.12. The maximum Gasteiger partial charge on any atom is 0.261 e. The van der Waals surface area contributed by atoms with Crippen LogP contribution in [0.2, 0.25) is 0 Å². The number of carbonyl (C=O) groups is 1. The number of carbonyl (C=O) groups excluding carboxylic acids is 1. The molecule has 0 aliphatic carbocycles. The van der Waals surface area contributed by atoms with Crippen molar-refractivity contribution < 1.29 is 22.7 Å². The average molecular weight is 467 g/mol. The molecule has 8 heteroatoms. The Hall–Kier alpha value is -3.52. The van der Waals surface area contributed by atoms with Gasteiger partial charge in [-0.05, 0) is 85.1 Å². The average Bonchev–Trinajstić information content (AvgIpc) is 2.84. The Morgan fingerprint density at radius 1 is 0.970 bits per heavy atom. The molecule has 0 aromatic heterocycles. The summed E-state index contributed by atoms with van der Waals surface area (Å²) in [6.45, 7) is 3.52. The summed E-state index contributed by atoms with van der Waals surface area (Å²) < 4.78 is 38.7. The van der Waals surface area contributed by atoms with Gasteiger partial charge in [-0.25, -0.2) is 8.42 Å². The molecular weight excluding hydrogens is 440 g/mol. The lowest BCUT2D eigenvalue weighted by atomic mass is 9.99. The fraction of sp³-hybridized carbons (Fsp3) is 0.240. The first-order valence-electron chi connectivity index (χ1n) is 10.7. The van der Waals surface area contributed by atoms with E-state index in [2.05, 4.69) is 4.72 Å². The second kappa shape index (κ2) is 9.54. The van der Waals surface area contributed by atoms with Crippen molar-refractivity contribution in [1.29, 1.82) is 0 Å². The van der Waals surface area contributed by atoms with Gasteiger partial charge < -0.3 is 14.4 Å². The highest BCUT2D eigenvalue weighted by molar-refractivity contribution is 7.92. The van der Waals surface area contributed by atoms with Gasteiger partial charge in [0.2, 0.25) is 0 Å². The quantitative estimate of drug-likeness (QED) is 0.567. The molecule has 0 atom stereocenters. The molecule has 7 nitrogen and oxygen atoms in total. The molecular formula is C25H26N2O5S. The molecule has 3 aromatic carbocycles. The van der Waals surface area contributed by atoms with Crippen LogP contribution in [0.3, 0.4) is 0 Å². The molecule has 172 valence electrons. The molecule has 1 N–H and O–H groups in total. The Balaban J connectivity index is 1.45. The first-order chi connectivity index (χ1) is 15.9. The zero-order valence-electron chi connectivity index (χ0n) is 18.6. The van der Waals surface area contributed by atoms with Crippen LogP contribution in [0.4, 0.5) is 5.69 Å². The number of sulfonamides is 1. The molecule has 0 saturated heterocycles. The number of fused-ring (bicyclic) bond motifs is 1. The van der Waals surface area contributed by atoms with Crippen LogP contribution in [0, 0.1) is 0 Å². The van der Waals surface area contributed by atoms with E-state index in [1.54, 1.807) is 48.4 Å². The van der Waals surface area contributed by atoms with E-state index >= 15 is 0 Å². The second-order valence-electron chi connectivity index (χ2n) is 7.70. The summed E-state index contributed by atoms with van der Waals surface area (Å²) in [5.41, 5.74) is 3.15. The first kappa shape index (κ1) is 22.7. The lowest BCUT2D eigenvalue weighted by molar-refractivity contribution is 0.0734. The number of benzene rings is 3. The molecule has 3 aromatic rings. The number of amides is 1. The molecule has 0 saturated carbocycles. The summed E-state index contributed by atoms with van der Waals surface area (Å²) in [5, 5.41) is 0. The van der Waals surface area contributed by atoms with Gasteiger partial charge in [0.25, 0.3) is 15.9 Å². The number of methoxy groups -OCH3 is 1. The van der Waals surface area contributed by atoms with E-state index in [4.69, 9.17) is 9.47 Å².